The number of benzene rings is 4. The number of hydrogen-bond acceptors (Lipinski definition) is 4. The van der Waals surface area contributed by atoms with Gasteiger partial charge in [-0.25, -0.2) is 0 Å². The van der Waals surface area contributed by atoms with Gasteiger partial charge >= 0.3 is 0 Å². The van der Waals surface area contributed by atoms with Crippen molar-refractivity contribution in [3.05, 3.63) is 132 Å². The second kappa shape index (κ2) is 8.81. The van der Waals surface area contributed by atoms with E-state index in [0.29, 0.717) is 16.9 Å². The summed E-state index contributed by atoms with van der Waals surface area (Å²) in [6.45, 7) is 0. The molecular weight excluding hydrogens is 486 g/mol. The van der Waals surface area contributed by atoms with Gasteiger partial charge in [0.1, 0.15) is 11.5 Å². The number of ketones is 1. The van der Waals surface area contributed by atoms with E-state index in [4.69, 9.17) is 0 Å². The van der Waals surface area contributed by atoms with Crippen molar-refractivity contribution in [3.63, 3.8) is 0 Å². The summed E-state index contributed by atoms with van der Waals surface area (Å²) < 4.78 is 0. The van der Waals surface area contributed by atoms with Crippen LogP contribution in [0.4, 0.5) is 17.1 Å². The molecule has 0 bridgehead atoms. The monoisotopic (exact) mass is 511 g/mol. The van der Waals surface area contributed by atoms with Gasteiger partial charge in [0.15, 0.2) is 5.78 Å². The van der Waals surface area contributed by atoms with Gasteiger partial charge in [-0.3, -0.25) is 14.4 Å². The number of hydrogen-bond donors (Lipinski definition) is 2. The summed E-state index contributed by atoms with van der Waals surface area (Å²) in [5.41, 5.74) is 2.94. The summed E-state index contributed by atoms with van der Waals surface area (Å²) in [7, 11) is 0. The van der Waals surface area contributed by atoms with E-state index in [9.17, 15) is 14.4 Å². The Kier molecular flexibility index (Phi) is 5.23. The first-order valence-electron chi connectivity index (χ1n) is 13.0. The molecule has 7 rings (SSSR count). The fourth-order valence-electron chi connectivity index (χ4n) is 6.64. The highest BCUT2D eigenvalue weighted by Gasteiger charge is 2.70. The van der Waals surface area contributed by atoms with E-state index < -0.39 is 23.4 Å². The SMILES string of the molecule is O=C(Nc1ccccc1)[C@H]1[C@H](C(=O)c2ccccc2)[C@@]2(C(=O)Nc3ccccc32)[C@H]2C=Cc3ccccc3N12. The van der Waals surface area contributed by atoms with E-state index in [2.05, 4.69) is 10.6 Å². The van der Waals surface area contributed by atoms with Crippen molar-refractivity contribution in [1.29, 1.82) is 0 Å². The van der Waals surface area contributed by atoms with Gasteiger partial charge in [0.25, 0.3) is 0 Å². The Morgan fingerprint density at radius 3 is 2.26 bits per heavy atom. The normalized spacial score (nSPS) is 24.1. The molecule has 3 heterocycles. The van der Waals surface area contributed by atoms with Crippen LogP contribution in [0, 0.1) is 5.92 Å². The molecule has 4 atom stereocenters. The molecule has 39 heavy (non-hydrogen) atoms. The third-order valence-corrected chi connectivity index (χ3v) is 8.19. The number of nitrogens with zero attached hydrogens (tertiary/aromatic N) is 1. The topological polar surface area (TPSA) is 78.5 Å². The van der Waals surface area contributed by atoms with Crippen molar-refractivity contribution in [2.45, 2.75) is 17.5 Å². The minimum atomic E-state index is -1.31. The van der Waals surface area contributed by atoms with Crippen molar-refractivity contribution >= 4 is 40.7 Å². The number of nitrogens with one attached hydrogen (secondary N) is 2. The van der Waals surface area contributed by atoms with Crippen molar-refractivity contribution in [3.8, 4) is 0 Å². The molecular formula is C33H25N3O3. The molecule has 0 saturated carbocycles. The van der Waals surface area contributed by atoms with Crippen LogP contribution in [0.25, 0.3) is 6.08 Å². The molecule has 3 aliphatic heterocycles. The number of carbonyl (C=O) groups is 3. The Bertz CT molecular complexity index is 1650. The fraction of sp³-hybridized carbons (Fsp3) is 0.121. The predicted molar refractivity (Wildman–Crippen MR) is 152 cm³/mol. The van der Waals surface area contributed by atoms with Gasteiger partial charge in [-0.1, -0.05) is 97.1 Å². The number of anilines is 3. The minimum absolute atomic E-state index is 0.240. The van der Waals surface area contributed by atoms with Gasteiger partial charge in [0, 0.05) is 22.6 Å². The molecule has 0 aromatic heterocycles. The van der Waals surface area contributed by atoms with Crippen LogP contribution in [-0.2, 0) is 15.0 Å². The third-order valence-electron chi connectivity index (χ3n) is 8.19. The largest absolute Gasteiger partial charge is 0.350 e. The van der Waals surface area contributed by atoms with Crippen LogP contribution in [0.5, 0.6) is 0 Å². The average molecular weight is 512 g/mol. The van der Waals surface area contributed by atoms with Crippen molar-refractivity contribution in [2.24, 2.45) is 5.92 Å². The first kappa shape index (κ1) is 23.2. The Morgan fingerprint density at radius 1 is 0.795 bits per heavy atom. The fourth-order valence-corrected chi connectivity index (χ4v) is 6.64. The molecule has 2 amide bonds. The minimum Gasteiger partial charge on any atom is -0.350 e. The van der Waals surface area contributed by atoms with Gasteiger partial charge in [-0.15, -0.1) is 0 Å². The Hall–Kier alpha value is -4.97. The number of rotatable bonds is 4. The van der Waals surface area contributed by atoms with E-state index >= 15 is 0 Å². The maximum atomic E-state index is 14.6. The lowest BCUT2D eigenvalue weighted by atomic mass is 9.64. The van der Waals surface area contributed by atoms with Crippen LogP contribution in [0.2, 0.25) is 0 Å². The molecule has 4 aromatic carbocycles. The Labute approximate surface area is 226 Å². The van der Waals surface area contributed by atoms with E-state index in [1.54, 1.807) is 24.3 Å². The van der Waals surface area contributed by atoms with E-state index in [1.807, 2.05) is 102 Å². The van der Waals surface area contributed by atoms with E-state index in [0.717, 1.165) is 16.8 Å². The molecule has 0 radical (unpaired) electrons. The zero-order chi connectivity index (χ0) is 26.6. The zero-order valence-electron chi connectivity index (χ0n) is 21.0. The number of amides is 2. The molecule has 3 aliphatic rings. The highest BCUT2D eigenvalue weighted by Crippen LogP contribution is 2.57. The van der Waals surface area contributed by atoms with Gasteiger partial charge in [-0.05, 0) is 35.4 Å². The van der Waals surface area contributed by atoms with Crippen molar-refractivity contribution in [1.82, 2.24) is 0 Å². The summed E-state index contributed by atoms with van der Waals surface area (Å²) in [5.74, 6) is -1.84. The summed E-state index contributed by atoms with van der Waals surface area (Å²) in [6.07, 6.45) is 3.97. The third kappa shape index (κ3) is 3.31. The lowest BCUT2D eigenvalue weighted by Crippen LogP contribution is -2.51. The standard InChI is InChI=1S/C33H25N3O3/c37-30(22-12-3-1-4-13-22)28-29(31(38)34-23-14-5-2-6-15-23)36-26-18-10-7-11-21(26)19-20-27(36)33(28)24-16-8-9-17-25(24)35-32(33)39/h1-20,27-29H,(H,34,38)(H,35,39)/t27-,28-,29-,33+/m1/s1. The van der Waals surface area contributed by atoms with Crippen LogP contribution < -0.4 is 15.5 Å². The van der Waals surface area contributed by atoms with Crippen LogP contribution in [0.15, 0.2) is 115 Å². The van der Waals surface area contributed by atoms with Crippen molar-refractivity contribution in [2.75, 3.05) is 15.5 Å². The van der Waals surface area contributed by atoms with Crippen LogP contribution in [0.1, 0.15) is 21.5 Å². The van der Waals surface area contributed by atoms with Crippen LogP contribution in [-0.4, -0.2) is 29.7 Å². The van der Waals surface area contributed by atoms with E-state index in [-0.39, 0.29) is 17.6 Å². The highest BCUT2D eigenvalue weighted by molar-refractivity contribution is 6.17. The first-order valence-corrected chi connectivity index (χ1v) is 13.0. The van der Waals surface area contributed by atoms with Gasteiger partial charge in [0.2, 0.25) is 11.8 Å². The lowest BCUT2D eigenvalue weighted by Gasteiger charge is -2.37. The molecule has 4 aromatic rings. The van der Waals surface area contributed by atoms with E-state index in [1.165, 1.54) is 0 Å². The summed E-state index contributed by atoms with van der Waals surface area (Å²) in [5, 5.41) is 6.09. The zero-order valence-corrected chi connectivity index (χ0v) is 21.0. The molecule has 1 fully saturated rings. The van der Waals surface area contributed by atoms with Crippen molar-refractivity contribution < 1.29 is 14.4 Å². The quantitative estimate of drug-likeness (QED) is 0.365. The predicted octanol–water partition coefficient (Wildman–Crippen LogP) is 5.30. The van der Waals surface area contributed by atoms with Crippen LogP contribution >= 0.6 is 0 Å². The molecule has 0 unspecified atom stereocenters. The molecule has 190 valence electrons. The molecule has 0 aliphatic carbocycles. The summed E-state index contributed by atoms with van der Waals surface area (Å²) in [4.78, 5) is 45.1. The summed E-state index contributed by atoms with van der Waals surface area (Å²) >= 11 is 0. The number of fused-ring (bicyclic) bond motifs is 6. The first-order chi connectivity index (χ1) is 19.1. The average Bonchev–Trinajstić information content (AvgIpc) is 3.46. The molecule has 6 heteroatoms. The highest BCUT2D eigenvalue weighted by atomic mass is 16.2. The van der Waals surface area contributed by atoms with Crippen LogP contribution in [0.3, 0.4) is 0 Å². The van der Waals surface area contributed by atoms with Gasteiger partial charge in [-0.2, -0.15) is 0 Å². The second-order valence-electron chi connectivity index (χ2n) is 10.1. The Balaban J connectivity index is 1.50. The van der Waals surface area contributed by atoms with Gasteiger partial charge < -0.3 is 15.5 Å². The molecule has 6 nitrogen and oxygen atoms in total. The molecule has 2 N–H and O–H groups in total. The number of para-hydroxylation sites is 3. The molecule has 1 spiro atoms. The number of carbonyl (C=O) groups excluding carboxylic acids is 3. The maximum Gasteiger partial charge on any atom is 0.247 e. The lowest BCUT2D eigenvalue weighted by molar-refractivity contribution is -0.122. The van der Waals surface area contributed by atoms with Gasteiger partial charge in [0.05, 0.1) is 12.0 Å². The summed E-state index contributed by atoms with van der Waals surface area (Å²) in [6, 6.07) is 32.0. The smallest absolute Gasteiger partial charge is 0.247 e. The number of Topliss-reactive ketones (excluding diaryl/α,β-unsaturated/α-hetero) is 1. The Morgan fingerprint density at radius 2 is 1.46 bits per heavy atom. The second-order valence-corrected chi connectivity index (χ2v) is 10.1. The maximum absolute atomic E-state index is 14.6. The molecule has 1 saturated heterocycles.